The van der Waals surface area contributed by atoms with Crippen molar-refractivity contribution in [1.82, 2.24) is 9.97 Å². The SMILES string of the molecule is O=C(Nc1cccc(-c2csc(-c3ccccc3)n2)c1)c1ccccn1. The average molecular weight is 357 g/mol. The van der Waals surface area contributed by atoms with Crippen LogP contribution in [0.2, 0.25) is 0 Å². The molecule has 2 aromatic carbocycles. The van der Waals surface area contributed by atoms with Gasteiger partial charge in [-0.1, -0.05) is 48.5 Å². The summed E-state index contributed by atoms with van der Waals surface area (Å²) in [5.41, 5.74) is 4.05. The van der Waals surface area contributed by atoms with Crippen molar-refractivity contribution >= 4 is 22.9 Å². The Hall–Kier alpha value is -3.31. The Kier molecular flexibility index (Phi) is 4.53. The Morgan fingerprint density at radius 3 is 2.50 bits per heavy atom. The number of anilines is 1. The number of thiazole rings is 1. The zero-order valence-corrected chi connectivity index (χ0v) is 14.6. The molecular weight excluding hydrogens is 342 g/mol. The summed E-state index contributed by atoms with van der Waals surface area (Å²) >= 11 is 1.61. The van der Waals surface area contributed by atoms with Crippen molar-refractivity contribution in [2.75, 3.05) is 5.32 Å². The van der Waals surface area contributed by atoms with Gasteiger partial charge in [-0.15, -0.1) is 11.3 Å². The van der Waals surface area contributed by atoms with Gasteiger partial charge in [-0.05, 0) is 24.3 Å². The van der Waals surface area contributed by atoms with E-state index in [1.54, 1.807) is 35.7 Å². The van der Waals surface area contributed by atoms with Gasteiger partial charge in [0.1, 0.15) is 10.7 Å². The molecule has 4 aromatic rings. The van der Waals surface area contributed by atoms with Crippen molar-refractivity contribution in [3.8, 4) is 21.8 Å². The molecule has 1 amide bonds. The van der Waals surface area contributed by atoms with Crippen LogP contribution in [-0.2, 0) is 0 Å². The number of pyridine rings is 1. The van der Waals surface area contributed by atoms with E-state index >= 15 is 0 Å². The van der Waals surface area contributed by atoms with E-state index in [1.165, 1.54) is 0 Å². The monoisotopic (exact) mass is 357 g/mol. The van der Waals surface area contributed by atoms with Crippen molar-refractivity contribution in [2.45, 2.75) is 0 Å². The summed E-state index contributed by atoms with van der Waals surface area (Å²) in [7, 11) is 0. The van der Waals surface area contributed by atoms with Crippen LogP contribution in [0.1, 0.15) is 10.5 Å². The molecule has 5 heteroatoms. The van der Waals surface area contributed by atoms with Gasteiger partial charge in [0.25, 0.3) is 5.91 Å². The molecule has 0 radical (unpaired) electrons. The zero-order valence-electron chi connectivity index (χ0n) is 13.8. The first-order chi connectivity index (χ1) is 12.8. The molecule has 0 aliphatic heterocycles. The number of hydrogen-bond acceptors (Lipinski definition) is 4. The lowest BCUT2D eigenvalue weighted by Crippen LogP contribution is -2.13. The standard InChI is InChI=1S/C21H15N3OS/c25-20(18-11-4-5-12-22-18)23-17-10-6-9-16(13-17)19-14-26-21(24-19)15-7-2-1-3-8-15/h1-14H,(H,23,25). The van der Waals surface area contributed by atoms with Crippen molar-refractivity contribution in [3.05, 3.63) is 90.1 Å². The molecular formula is C21H15N3OS. The lowest BCUT2D eigenvalue weighted by Gasteiger charge is -2.06. The second kappa shape index (κ2) is 7.29. The summed E-state index contributed by atoms with van der Waals surface area (Å²) in [5.74, 6) is -0.231. The maximum absolute atomic E-state index is 12.3. The molecule has 0 saturated heterocycles. The van der Waals surface area contributed by atoms with Gasteiger partial charge < -0.3 is 5.32 Å². The highest BCUT2D eigenvalue weighted by Gasteiger charge is 2.10. The van der Waals surface area contributed by atoms with Crippen molar-refractivity contribution in [3.63, 3.8) is 0 Å². The third-order valence-corrected chi connectivity index (χ3v) is 4.73. The first kappa shape index (κ1) is 16.2. The Bertz CT molecular complexity index is 1030. The van der Waals surface area contributed by atoms with Crippen molar-refractivity contribution in [1.29, 1.82) is 0 Å². The first-order valence-corrected chi connectivity index (χ1v) is 9.01. The number of amides is 1. The molecule has 26 heavy (non-hydrogen) atoms. The van der Waals surface area contributed by atoms with Gasteiger partial charge >= 0.3 is 0 Å². The van der Waals surface area contributed by atoms with Gasteiger partial charge in [-0.25, -0.2) is 4.98 Å². The van der Waals surface area contributed by atoms with Crippen molar-refractivity contribution in [2.24, 2.45) is 0 Å². The molecule has 0 aliphatic carbocycles. The van der Waals surface area contributed by atoms with Crippen molar-refractivity contribution < 1.29 is 4.79 Å². The maximum Gasteiger partial charge on any atom is 0.274 e. The molecule has 0 spiro atoms. The van der Waals surface area contributed by atoms with Gasteiger partial charge in [-0.3, -0.25) is 9.78 Å². The van der Waals surface area contributed by atoms with Crippen LogP contribution in [0, 0.1) is 0 Å². The van der Waals surface area contributed by atoms with E-state index in [0.29, 0.717) is 11.4 Å². The molecule has 2 aromatic heterocycles. The van der Waals surface area contributed by atoms with Gasteiger partial charge in [0, 0.05) is 28.4 Å². The maximum atomic E-state index is 12.3. The minimum atomic E-state index is -0.231. The average Bonchev–Trinajstić information content (AvgIpc) is 3.20. The predicted molar refractivity (Wildman–Crippen MR) is 105 cm³/mol. The number of carbonyl (C=O) groups excluding carboxylic acids is 1. The van der Waals surface area contributed by atoms with Crippen LogP contribution >= 0.6 is 11.3 Å². The van der Waals surface area contributed by atoms with Gasteiger partial charge in [0.15, 0.2) is 0 Å². The molecule has 1 N–H and O–H groups in total. The third-order valence-electron chi connectivity index (χ3n) is 3.84. The van der Waals surface area contributed by atoms with E-state index in [9.17, 15) is 4.79 Å². The van der Waals surface area contributed by atoms with E-state index < -0.39 is 0 Å². The number of carbonyl (C=O) groups is 1. The van der Waals surface area contributed by atoms with E-state index in [-0.39, 0.29) is 5.91 Å². The lowest BCUT2D eigenvalue weighted by molar-refractivity contribution is 0.102. The summed E-state index contributed by atoms with van der Waals surface area (Å²) < 4.78 is 0. The summed E-state index contributed by atoms with van der Waals surface area (Å²) in [6, 6.07) is 23.0. The summed E-state index contributed by atoms with van der Waals surface area (Å²) in [5, 5.41) is 5.89. The molecule has 0 unspecified atom stereocenters. The fourth-order valence-electron chi connectivity index (χ4n) is 2.57. The van der Waals surface area contributed by atoms with Crippen LogP contribution in [0.4, 0.5) is 5.69 Å². The molecule has 0 aliphatic rings. The van der Waals surface area contributed by atoms with E-state index in [4.69, 9.17) is 4.98 Å². The van der Waals surface area contributed by atoms with Gasteiger partial charge in [-0.2, -0.15) is 0 Å². The number of hydrogen-bond donors (Lipinski definition) is 1. The van der Waals surface area contributed by atoms with E-state index in [0.717, 1.165) is 21.8 Å². The fourth-order valence-corrected chi connectivity index (χ4v) is 3.40. The van der Waals surface area contributed by atoms with Crippen LogP contribution in [-0.4, -0.2) is 15.9 Å². The minimum Gasteiger partial charge on any atom is -0.321 e. The second-order valence-electron chi connectivity index (χ2n) is 5.65. The van der Waals surface area contributed by atoms with Crippen LogP contribution in [0.5, 0.6) is 0 Å². The predicted octanol–water partition coefficient (Wildman–Crippen LogP) is 5.12. The Morgan fingerprint density at radius 2 is 1.69 bits per heavy atom. The number of nitrogens with one attached hydrogen (secondary N) is 1. The highest BCUT2D eigenvalue weighted by atomic mass is 32.1. The van der Waals surface area contributed by atoms with Gasteiger partial charge in [0.05, 0.1) is 5.69 Å². The normalized spacial score (nSPS) is 10.5. The molecule has 4 rings (SSSR count). The molecule has 4 nitrogen and oxygen atoms in total. The molecule has 0 bridgehead atoms. The van der Waals surface area contributed by atoms with Crippen LogP contribution in [0.25, 0.3) is 21.8 Å². The highest BCUT2D eigenvalue weighted by Crippen LogP contribution is 2.29. The Balaban J connectivity index is 1.57. The highest BCUT2D eigenvalue weighted by molar-refractivity contribution is 7.13. The molecule has 0 atom stereocenters. The summed E-state index contributed by atoms with van der Waals surface area (Å²) in [4.78, 5) is 21.1. The molecule has 2 heterocycles. The second-order valence-corrected chi connectivity index (χ2v) is 6.51. The smallest absolute Gasteiger partial charge is 0.274 e. The largest absolute Gasteiger partial charge is 0.321 e. The lowest BCUT2D eigenvalue weighted by atomic mass is 10.1. The summed E-state index contributed by atoms with van der Waals surface area (Å²) in [6.07, 6.45) is 1.60. The molecule has 0 saturated carbocycles. The first-order valence-electron chi connectivity index (χ1n) is 8.13. The Morgan fingerprint density at radius 1 is 0.885 bits per heavy atom. The number of benzene rings is 2. The minimum absolute atomic E-state index is 0.231. The topological polar surface area (TPSA) is 54.9 Å². The number of nitrogens with zero attached hydrogens (tertiary/aromatic N) is 2. The summed E-state index contributed by atoms with van der Waals surface area (Å²) in [6.45, 7) is 0. The van der Waals surface area contributed by atoms with Crippen LogP contribution < -0.4 is 5.32 Å². The van der Waals surface area contributed by atoms with Crippen LogP contribution in [0.3, 0.4) is 0 Å². The number of rotatable bonds is 4. The van der Waals surface area contributed by atoms with Crippen LogP contribution in [0.15, 0.2) is 84.4 Å². The van der Waals surface area contributed by atoms with E-state index in [1.807, 2.05) is 60.0 Å². The molecule has 126 valence electrons. The fraction of sp³-hybridized carbons (Fsp3) is 0. The quantitative estimate of drug-likeness (QED) is 0.551. The van der Waals surface area contributed by atoms with E-state index in [2.05, 4.69) is 10.3 Å². The third kappa shape index (κ3) is 3.53. The Labute approximate surface area is 155 Å². The zero-order chi connectivity index (χ0) is 17.8. The number of aromatic nitrogens is 2. The molecule has 0 fully saturated rings. The van der Waals surface area contributed by atoms with Gasteiger partial charge in [0.2, 0.25) is 0 Å².